The first-order valence-electron chi connectivity index (χ1n) is 5.47. The zero-order chi connectivity index (χ0) is 11.1. The fraction of sp³-hybridized carbons (Fsp3) is 0.800. The van der Waals surface area contributed by atoms with E-state index in [9.17, 15) is 0 Å². The first-order chi connectivity index (χ1) is 7.22. The van der Waals surface area contributed by atoms with E-state index in [-0.39, 0.29) is 0 Å². The largest absolute Gasteiger partial charge is 0.313 e. The first kappa shape index (κ1) is 12.5. The molecule has 1 unspecified atom stereocenters. The molecule has 15 heavy (non-hydrogen) atoms. The fourth-order valence-corrected chi connectivity index (χ4v) is 2.08. The molecule has 0 aliphatic heterocycles. The summed E-state index contributed by atoms with van der Waals surface area (Å²) in [6.07, 6.45) is 2.48. The number of nitrogens with zero attached hydrogens (tertiary/aromatic N) is 2. The monoisotopic (exact) mass is 228 g/mol. The van der Waals surface area contributed by atoms with Crippen molar-refractivity contribution in [1.82, 2.24) is 20.5 Å². The lowest BCUT2D eigenvalue weighted by Crippen LogP contribution is -2.27. The van der Waals surface area contributed by atoms with Crippen LogP contribution in [0, 0.1) is 6.92 Å². The van der Waals surface area contributed by atoms with Crippen molar-refractivity contribution < 1.29 is 0 Å². The lowest BCUT2D eigenvalue weighted by Gasteiger charge is -2.11. The summed E-state index contributed by atoms with van der Waals surface area (Å²) < 4.78 is 0. The topological polar surface area (TPSA) is 53.6 Å². The van der Waals surface area contributed by atoms with Crippen LogP contribution in [0.2, 0.25) is 0 Å². The summed E-state index contributed by atoms with van der Waals surface area (Å²) in [5, 5.41) is 11.2. The Balaban J connectivity index is 2.06. The highest BCUT2D eigenvalue weighted by Gasteiger charge is 2.01. The van der Waals surface area contributed by atoms with Crippen LogP contribution in [0.1, 0.15) is 32.5 Å². The molecule has 1 atom stereocenters. The molecule has 1 aromatic heterocycles. The Morgan fingerprint density at radius 3 is 2.93 bits per heavy atom. The van der Waals surface area contributed by atoms with Gasteiger partial charge < -0.3 is 5.32 Å². The maximum atomic E-state index is 4.23. The molecule has 0 radical (unpaired) electrons. The predicted octanol–water partition coefficient (Wildman–Crippen LogP) is 1.98. The molecule has 0 aliphatic carbocycles. The van der Waals surface area contributed by atoms with Crippen LogP contribution in [-0.4, -0.2) is 33.5 Å². The molecule has 1 heterocycles. The van der Waals surface area contributed by atoms with Gasteiger partial charge in [0.2, 0.25) is 5.16 Å². The lowest BCUT2D eigenvalue weighted by atomic mass is 10.2. The van der Waals surface area contributed by atoms with Gasteiger partial charge >= 0.3 is 0 Å². The van der Waals surface area contributed by atoms with Crippen LogP contribution in [0.15, 0.2) is 5.16 Å². The minimum atomic E-state index is 0.615. The molecule has 0 saturated heterocycles. The van der Waals surface area contributed by atoms with E-state index < -0.39 is 0 Å². The Hall–Kier alpha value is -0.550. The van der Waals surface area contributed by atoms with Crippen LogP contribution < -0.4 is 5.32 Å². The van der Waals surface area contributed by atoms with Gasteiger partial charge in [0.15, 0.2) is 0 Å². The Morgan fingerprint density at radius 2 is 2.33 bits per heavy atom. The maximum Gasteiger partial charge on any atom is 0.208 e. The molecule has 4 nitrogen and oxygen atoms in total. The number of thioether (sulfide) groups is 1. The van der Waals surface area contributed by atoms with Gasteiger partial charge in [0, 0.05) is 18.3 Å². The molecule has 0 aliphatic rings. The van der Waals surface area contributed by atoms with Crippen molar-refractivity contribution in [1.29, 1.82) is 0 Å². The lowest BCUT2D eigenvalue weighted by molar-refractivity contribution is 0.526. The number of aromatic amines is 1. The third-order valence-electron chi connectivity index (χ3n) is 2.12. The molecule has 2 N–H and O–H groups in total. The summed E-state index contributed by atoms with van der Waals surface area (Å²) in [6.45, 7) is 7.37. The van der Waals surface area contributed by atoms with E-state index in [2.05, 4.69) is 34.3 Å². The molecule has 1 rings (SSSR count). The number of H-pyrrole nitrogens is 1. The third-order valence-corrected chi connectivity index (χ3v) is 2.97. The minimum Gasteiger partial charge on any atom is -0.313 e. The van der Waals surface area contributed by atoms with Crippen molar-refractivity contribution in [3.63, 3.8) is 0 Å². The third kappa shape index (κ3) is 5.18. The molecule has 5 heteroatoms. The summed E-state index contributed by atoms with van der Waals surface area (Å²) in [4.78, 5) is 4.23. The average molecular weight is 228 g/mol. The van der Waals surface area contributed by atoms with Gasteiger partial charge in [0.05, 0.1) is 0 Å². The molecular formula is C10H20N4S. The van der Waals surface area contributed by atoms with E-state index in [4.69, 9.17) is 0 Å². The number of aryl methyl sites for hydroxylation is 1. The molecule has 0 amide bonds. The highest BCUT2D eigenvalue weighted by Crippen LogP contribution is 2.10. The number of aromatic nitrogens is 3. The second-order valence-electron chi connectivity index (χ2n) is 3.70. The van der Waals surface area contributed by atoms with Gasteiger partial charge in [-0.25, -0.2) is 4.98 Å². The van der Waals surface area contributed by atoms with E-state index in [1.54, 1.807) is 11.8 Å². The molecule has 86 valence electrons. The summed E-state index contributed by atoms with van der Waals surface area (Å²) >= 11 is 1.69. The van der Waals surface area contributed by atoms with Crippen molar-refractivity contribution in [2.24, 2.45) is 0 Å². The van der Waals surface area contributed by atoms with Gasteiger partial charge in [-0.3, -0.25) is 5.10 Å². The van der Waals surface area contributed by atoms with E-state index in [0.717, 1.165) is 23.3 Å². The van der Waals surface area contributed by atoms with Crippen molar-refractivity contribution in [2.45, 2.75) is 44.8 Å². The minimum absolute atomic E-state index is 0.615. The average Bonchev–Trinajstić information content (AvgIpc) is 2.60. The van der Waals surface area contributed by atoms with E-state index in [0.29, 0.717) is 6.04 Å². The highest BCUT2D eigenvalue weighted by molar-refractivity contribution is 7.99. The number of hydrogen-bond acceptors (Lipinski definition) is 4. The Labute approximate surface area is 95.6 Å². The van der Waals surface area contributed by atoms with Gasteiger partial charge in [0.25, 0.3) is 0 Å². The van der Waals surface area contributed by atoms with E-state index in [1.807, 2.05) is 6.92 Å². The molecular weight excluding hydrogens is 208 g/mol. The summed E-state index contributed by atoms with van der Waals surface area (Å²) in [6, 6.07) is 0.615. The van der Waals surface area contributed by atoms with Gasteiger partial charge in [-0.1, -0.05) is 25.1 Å². The second kappa shape index (κ2) is 6.85. The molecule has 0 saturated carbocycles. The quantitative estimate of drug-likeness (QED) is 0.553. The summed E-state index contributed by atoms with van der Waals surface area (Å²) in [5.74, 6) is 1.90. The van der Waals surface area contributed by atoms with Crippen LogP contribution in [0.5, 0.6) is 0 Å². The molecule has 0 spiro atoms. The van der Waals surface area contributed by atoms with Crippen molar-refractivity contribution in [3.05, 3.63) is 5.82 Å². The Bertz CT molecular complexity index is 274. The SMILES string of the molecule is CCCC(C)NCCSc1n[nH]c(C)n1. The second-order valence-corrected chi connectivity index (χ2v) is 4.76. The van der Waals surface area contributed by atoms with Gasteiger partial charge in [-0.15, -0.1) is 5.10 Å². The van der Waals surface area contributed by atoms with E-state index >= 15 is 0 Å². The smallest absolute Gasteiger partial charge is 0.208 e. The molecule has 0 bridgehead atoms. The Kier molecular flexibility index (Phi) is 5.71. The number of hydrogen-bond donors (Lipinski definition) is 2. The van der Waals surface area contributed by atoms with Crippen molar-refractivity contribution >= 4 is 11.8 Å². The molecule has 0 fully saturated rings. The van der Waals surface area contributed by atoms with Crippen LogP contribution in [0.25, 0.3) is 0 Å². The van der Waals surface area contributed by atoms with Crippen molar-refractivity contribution in [3.8, 4) is 0 Å². The van der Waals surface area contributed by atoms with Crippen molar-refractivity contribution in [2.75, 3.05) is 12.3 Å². The maximum absolute atomic E-state index is 4.23. The summed E-state index contributed by atoms with van der Waals surface area (Å²) in [5.41, 5.74) is 0. The highest BCUT2D eigenvalue weighted by atomic mass is 32.2. The number of nitrogens with one attached hydrogen (secondary N) is 2. The molecule has 1 aromatic rings. The van der Waals surface area contributed by atoms with Crippen LogP contribution in [-0.2, 0) is 0 Å². The first-order valence-corrected chi connectivity index (χ1v) is 6.46. The van der Waals surface area contributed by atoms with Gasteiger partial charge in [-0.2, -0.15) is 0 Å². The van der Waals surface area contributed by atoms with Crippen LogP contribution >= 0.6 is 11.8 Å². The predicted molar refractivity (Wildman–Crippen MR) is 64.2 cm³/mol. The van der Waals surface area contributed by atoms with Gasteiger partial charge in [0.1, 0.15) is 5.82 Å². The van der Waals surface area contributed by atoms with Crippen LogP contribution in [0.4, 0.5) is 0 Å². The number of rotatable bonds is 7. The zero-order valence-electron chi connectivity index (χ0n) is 9.71. The standard InChI is InChI=1S/C10H20N4S/c1-4-5-8(2)11-6-7-15-10-12-9(3)13-14-10/h8,11H,4-7H2,1-3H3,(H,12,13,14). The zero-order valence-corrected chi connectivity index (χ0v) is 10.5. The van der Waals surface area contributed by atoms with Gasteiger partial charge in [-0.05, 0) is 20.3 Å². The fourth-order valence-electron chi connectivity index (χ4n) is 1.37. The van der Waals surface area contributed by atoms with E-state index in [1.165, 1.54) is 12.8 Å². The normalized spacial score (nSPS) is 13.0. The Morgan fingerprint density at radius 1 is 1.53 bits per heavy atom. The van der Waals surface area contributed by atoms with Crippen LogP contribution in [0.3, 0.4) is 0 Å². The molecule has 0 aromatic carbocycles. The summed E-state index contributed by atoms with van der Waals surface area (Å²) in [7, 11) is 0.